The van der Waals surface area contributed by atoms with Gasteiger partial charge in [0.25, 0.3) is 0 Å². The molecule has 3 aromatic heterocycles. The van der Waals surface area contributed by atoms with Gasteiger partial charge in [0.05, 0.1) is 0 Å². The van der Waals surface area contributed by atoms with Crippen molar-refractivity contribution in [1.82, 2.24) is 29.9 Å². The molecule has 0 saturated carbocycles. The van der Waals surface area contributed by atoms with Gasteiger partial charge in [-0.1, -0.05) is 28.9 Å². The van der Waals surface area contributed by atoms with E-state index in [1.54, 1.807) is 24.5 Å². The Morgan fingerprint density at radius 1 is 1.04 bits per heavy atom. The summed E-state index contributed by atoms with van der Waals surface area (Å²) >= 11 is 6.00. The molecule has 8 heteroatoms. The Kier molecular flexibility index (Phi) is 4.45. The third-order valence-corrected chi connectivity index (χ3v) is 4.25. The van der Waals surface area contributed by atoms with Crippen molar-refractivity contribution in [2.75, 3.05) is 0 Å². The van der Waals surface area contributed by atoms with Crippen LogP contribution in [0.1, 0.15) is 11.7 Å². The van der Waals surface area contributed by atoms with Crippen LogP contribution >= 0.6 is 11.6 Å². The first-order valence-electron chi connectivity index (χ1n) is 8.08. The van der Waals surface area contributed by atoms with Crippen molar-refractivity contribution in [3.05, 3.63) is 65.5 Å². The SMILES string of the molecule is Cn1c(CCc2nc(-c3cccc(Cl)c3)no2)nnc1-c1ccncc1. The Balaban J connectivity index is 1.48. The number of rotatable bonds is 5. The summed E-state index contributed by atoms with van der Waals surface area (Å²) in [7, 11) is 1.94. The Hall–Kier alpha value is -3.06. The molecular weight excluding hydrogens is 352 g/mol. The summed E-state index contributed by atoms with van der Waals surface area (Å²) < 4.78 is 7.30. The summed E-state index contributed by atoms with van der Waals surface area (Å²) in [5.74, 6) is 2.72. The molecule has 0 aliphatic heterocycles. The van der Waals surface area contributed by atoms with Crippen molar-refractivity contribution in [1.29, 1.82) is 0 Å². The average molecular weight is 367 g/mol. The zero-order valence-electron chi connectivity index (χ0n) is 14.0. The van der Waals surface area contributed by atoms with E-state index in [1.165, 1.54) is 0 Å². The van der Waals surface area contributed by atoms with Gasteiger partial charge in [-0.2, -0.15) is 4.98 Å². The third-order valence-electron chi connectivity index (χ3n) is 4.02. The van der Waals surface area contributed by atoms with Crippen molar-refractivity contribution in [3.63, 3.8) is 0 Å². The number of nitrogens with zero attached hydrogens (tertiary/aromatic N) is 6. The summed E-state index contributed by atoms with van der Waals surface area (Å²) in [6.07, 6.45) is 4.70. The van der Waals surface area contributed by atoms with Gasteiger partial charge in [0.2, 0.25) is 11.7 Å². The topological polar surface area (TPSA) is 82.5 Å². The van der Waals surface area contributed by atoms with E-state index in [4.69, 9.17) is 16.1 Å². The molecule has 3 heterocycles. The lowest BCUT2D eigenvalue weighted by atomic mass is 10.2. The van der Waals surface area contributed by atoms with Crippen LogP contribution < -0.4 is 0 Å². The second-order valence-corrected chi connectivity index (χ2v) is 6.19. The fourth-order valence-corrected chi connectivity index (χ4v) is 2.84. The third kappa shape index (κ3) is 3.34. The number of aromatic nitrogens is 6. The molecule has 0 amide bonds. The van der Waals surface area contributed by atoms with Crippen LogP contribution in [0.15, 0.2) is 53.3 Å². The van der Waals surface area contributed by atoms with E-state index in [-0.39, 0.29) is 0 Å². The van der Waals surface area contributed by atoms with Crippen LogP contribution in [0.25, 0.3) is 22.8 Å². The van der Waals surface area contributed by atoms with Crippen LogP contribution in [0.5, 0.6) is 0 Å². The van der Waals surface area contributed by atoms with Crippen LogP contribution in [0.3, 0.4) is 0 Å². The zero-order valence-corrected chi connectivity index (χ0v) is 14.8. The Morgan fingerprint density at radius 3 is 2.69 bits per heavy atom. The fourth-order valence-electron chi connectivity index (χ4n) is 2.65. The van der Waals surface area contributed by atoms with Gasteiger partial charge in [-0.15, -0.1) is 10.2 Å². The molecule has 0 fully saturated rings. The number of pyridine rings is 1. The van der Waals surface area contributed by atoms with E-state index in [9.17, 15) is 0 Å². The normalized spacial score (nSPS) is 11.0. The molecule has 7 nitrogen and oxygen atoms in total. The van der Waals surface area contributed by atoms with Gasteiger partial charge < -0.3 is 9.09 Å². The molecule has 0 bridgehead atoms. The second kappa shape index (κ2) is 7.05. The van der Waals surface area contributed by atoms with Gasteiger partial charge in [-0.3, -0.25) is 4.98 Å². The summed E-state index contributed by atoms with van der Waals surface area (Å²) in [5.41, 5.74) is 1.80. The van der Waals surface area contributed by atoms with Crippen molar-refractivity contribution in [2.24, 2.45) is 7.05 Å². The highest BCUT2D eigenvalue weighted by atomic mass is 35.5. The smallest absolute Gasteiger partial charge is 0.227 e. The first-order valence-corrected chi connectivity index (χ1v) is 8.45. The Morgan fingerprint density at radius 2 is 1.88 bits per heavy atom. The maximum absolute atomic E-state index is 6.00. The first kappa shape index (κ1) is 16.4. The number of benzene rings is 1. The second-order valence-electron chi connectivity index (χ2n) is 5.76. The minimum absolute atomic E-state index is 0.526. The van der Waals surface area contributed by atoms with E-state index in [1.807, 2.05) is 35.9 Å². The molecule has 0 unspecified atom stereocenters. The van der Waals surface area contributed by atoms with Crippen LogP contribution in [0, 0.1) is 0 Å². The summed E-state index contributed by atoms with van der Waals surface area (Å²) in [6, 6.07) is 11.2. The molecular formula is C18H15ClN6O. The van der Waals surface area contributed by atoms with Crippen molar-refractivity contribution in [3.8, 4) is 22.8 Å². The average Bonchev–Trinajstić information content (AvgIpc) is 3.28. The van der Waals surface area contributed by atoms with Gasteiger partial charge >= 0.3 is 0 Å². The highest BCUT2D eigenvalue weighted by molar-refractivity contribution is 6.30. The van der Waals surface area contributed by atoms with Gasteiger partial charge in [0, 0.05) is 48.4 Å². The molecule has 4 aromatic rings. The monoisotopic (exact) mass is 366 g/mol. The molecule has 0 N–H and O–H groups in total. The highest BCUT2D eigenvalue weighted by Crippen LogP contribution is 2.21. The van der Waals surface area contributed by atoms with E-state index in [2.05, 4.69) is 25.3 Å². The minimum Gasteiger partial charge on any atom is -0.339 e. The number of aryl methyl sites for hydroxylation is 2. The fraction of sp³-hybridized carbons (Fsp3) is 0.167. The van der Waals surface area contributed by atoms with Gasteiger partial charge in [-0.25, -0.2) is 0 Å². The first-order chi connectivity index (χ1) is 12.7. The van der Waals surface area contributed by atoms with Gasteiger partial charge in [0.1, 0.15) is 5.82 Å². The largest absolute Gasteiger partial charge is 0.339 e. The summed E-state index contributed by atoms with van der Waals surface area (Å²) in [6.45, 7) is 0. The molecule has 1 aromatic carbocycles. The van der Waals surface area contributed by atoms with Crippen LogP contribution in [0.2, 0.25) is 5.02 Å². The quantitative estimate of drug-likeness (QED) is 0.538. The zero-order chi connectivity index (χ0) is 17.9. The summed E-state index contributed by atoms with van der Waals surface area (Å²) in [5, 5.41) is 13.2. The highest BCUT2D eigenvalue weighted by Gasteiger charge is 2.13. The maximum atomic E-state index is 6.00. The van der Waals surface area contributed by atoms with E-state index in [0.717, 1.165) is 22.8 Å². The maximum Gasteiger partial charge on any atom is 0.227 e. The molecule has 0 aliphatic rings. The number of hydrogen-bond donors (Lipinski definition) is 0. The molecule has 0 aliphatic carbocycles. The molecule has 130 valence electrons. The van der Waals surface area contributed by atoms with E-state index < -0.39 is 0 Å². The molecule has 4 rings (SSSR count). The van der Waals surface area contributed by atoms with Crippen LogP contribution in [-0.2, 0) is 19.9 Å². The molecule has 0 atom stereocenters. The lowest BCUT2D eigenvalue weighted by Crippen LogP contribution is -2.02. The standard InChI is InChI=1S/C18H15ClN6O/c1-25-15(22-23-18(25)12-7-9-20-10-8-12)5-6-16-21-17(24-26-16)13-3-2-4-14(19)11-13/h2-4,7-11H,5-6H2,1H3. The van der Waals surface area contributed by atoms with Crippen molar-refractivity contribution >= 4 is 11.6 Å². The molecule has 26 heavy (non-hydrogen) atoms. The predicted octanol–water partition coefficient (Wildman–Crippen LogP) is 3.37. The van der Waals surface area contributed by atoms with E-state index >= 15 is 0 Å². The van der Waals surface area contributed by atoms with Crippen LogP contribution in [-0.4, -0.2) is 29.9 Å². The Bertz CT molecular complexity index is 1030. The van der Waals surface area contributed by atoms with Gasteiger partial charge in [-0.05, 0) is 24.3 Å². The summed E-state index contributed by atoms with van der Waals surface area (Å²) in [4.78, 5) is 8.45. The number of hydrogen-bond acceptors (Lipinski definition) is 6. The molecule has 0 radical (unpaired) electrons. The van der Waals surface area contributed by atoms with E-state index in [0.29, 0.717) is 29.6 Å². The Labute approximate surface area is 154 Å². The van der Waals surface area contributed by atoms with Crippen molar-refractivity contribution < 1.29 is 4.52 Å². The van der Waals surface area contributed by atoms with Crippen LogP contribution in [0.4, 0.5) is 0 Å². The molecule has 0 saturated heterocycles. The number of halogens is 1. The predicted molar refractivity (Wildman–Crippen MR) is 96.4 cm³/mol. The minimum atomic E-state index is 0.526. The molecule has 0 spiro atoms. The lowest BCUT2D eigenvalue weighted by molar-refractivity contribution is 0.377. The van der Waals surface area contributed by atoms with Gasteiger partial charge in [0.15, 0.2) is 5.82 Å². The lowest BCUT2D eigenvalue weighted by Gasteiger charge is -2.02. The van der Waals surface area contributed by atoms with Crippen molar-refractivity contribution in [2.45, 2.75) is 12.8 Å².